The highest BCUT2D eigenvalue weighted by molar-refractivity contribution is 7.89. The summed E-state index contributed by atoms with van der Waals surface area (Å²) < 4.78 is 44.8. The number of rotatable bonds is 12. The first-order valence-corrected chi connectivity index (χ1v) is 13.0. The van der Waals surface area contributed by atoms with Crippen molar-refractivity contribution < 1.29 is 27.4 Å². The number of hydrogen-bond donors (Lipinski definition) is 2. The van der Waals surface area contributed by atoms with Crippen molar-refractivity contribution >= 4 is 27.5 Å². The Balaban J connectivity index is 1.77. The van der Waals surface area contributed by atoms with Crippen molar-refractivity contribution in [3.05, 3.63) is 82.9 Å². The number of nitrogens with one attached hydrogen (secondary N) is 2. The monoisotopic (exact) mass is 532 g/mol. The van der Waals surface area contributed by atoms with Gasteiger partial charge < -0.3 is 19.5 Å². The zero-order valence-electron chi connectivity index (χ0n) is 20.3. The molecule has 0 aliphatic rings. The van der Waals surface area contributed by atoms with Gasteiger partial charge in [-0.2, -0.15) is 4.72 Å². The molecule has 0 fully saturated rings. The van der Waals surface area contributed by atoms with E-state index in [1.165, 1.54) is 25.3 Å². The van der Waals surface area contributed by atoms with Crippen molar-refractivity contribution in [2.75, 3.05) is 27.9 Å². The minimum absolute atomic E-state index is 0.124. The van der Waals surface area contributed by atoms with Gasteiger partial charge in [-0.15, -0.1) is 0 Å². The third-order valence-corrected chi connectivity index (χ3v) is 7.20. The smallest absolute Gasteiger partial charge is 0.245 e. The van der Waals surface area contributed by atoms with E-state index in [-0.39, 0.29) is 22.1 Å². The van der Waals surface area contributed by atoms with Gasteiger partial charge in [0.1, 0.15) is 16.7 Å². The van der Waals surface area contributed by atoms with Crippen LogP contribution in [0.25, 0.3) is 0 Å². The van der Waals surface area contributed by atoms with Crippen LogP contribution in [0.15, 0.2) is 71.6 Å². The maximum absolute atomic E-state index is 13.2. The first-order valence-electron chi connectivity index (χ1n) is 11.2. The predicted molar refractivity (Wildman–Crippen MR) is 139 cm³/mol. The number of benzene rings is 3. The predicted octanol–water partition coefficient (Wildman–Crippen LogP) is 3.61. The van der Waals surface area contributed by atoms with Crippen molar-refractivity contribution in [2.45, 2.75) is 23.8 Å². The number of carbonyl (C=O) groups is 1. The molecular formula is C26H29ClN2O6S. The lowest BCUT2D eigenvalue weighted by atomic mass is 10.1. The van der Waals surface area contributed by atoms with Crippen LogP contribution in [0.4, 0.5) is 0 Å². The Morgan fingerprint density at radius 2 is 1.53 bits per heavy atom. The van der Waals surface area contributed by atoms with Gasteiger partial charge in [-0.25, -0.2) is 8.42 Å². The minimum atomic E-state index is -4.13. The fourth-order valence-corrected chi connectivity index (χ4v) is 5.27. The average molecular weight is 533 g/mol. The van der Waals surface area contributed by atoms with Gasteiger partial charge in [0.15, 0.2) is 11.5 Å². The van der Waals surface area contributed by atoms with Crippen molar-refractivity contribution in [3.63, 3.8) is 0 Å². The number of sulfonamides is 1. The molecule has 0 aliphatic heterocycles. The number of hydrogen-bond acceptors (Lipinski definition) is 6. The van der Waals surface area contributed by atoms with Crippen LogP contribution in [0.1, 0.15) is 11.1 Å². The maximum atomic E-state index is 13.2. The third kappa shape index (κ3) is 7.13. The van der Waals surface area contributed by atoms with Gasteiger partial charge in [0, 0.05) is 11.6 Å². The summed E-state index contributed by atoms with van der Waals surface area (Å²) in [5, 5.41) is 3.07. The van der Waals surface area contributed by atoms with Gasteiger partial charge in [0.2, 0.25) is 15.9 Å². The highest BCUT2D eigenvalue weighted by Crippen LogP contribution is 2.28. The Labute approximate surface area is 216 Å². The van der Waals surface area contributed by atoms with Gasteiger partial charge in [0.05, 0.1) is 21.3 Å². The van der Waals surface area contributed by atoms with Crippen LogP contribution in [0, 0.1) is 0 Å². The SMILES string of the molecule is COc1ccc(CCNC(=O)[C@H](Cc2ccccc2)NS(=O)(=O)c2cc(Cl)ccc2OC)cc1OC. The molecule has 8 nitrogen and oxygen atoms in total. The highest BCUT2D eigenvalue weighted by atomic mass is 35.5. The molecule has 192 valence electrons. The molecule has 0 aliphatic carbocycles. The molecule has 3 aromatic rings. The molecule has 0 heterocycles. The van der Waals surface area contributed by atoms with E-state index in [9.17, 15) is 13.2 Å². The summed E-state index contributed by atoms with van der Waals surface area (Å²) >= 11 is 6.03. The Morgan fingerprint density at radius 3 is 2.19 bits per heavy atom. The first kappa shape index (κ1) is 27.3. The molecule has 0 saturated carbocycles. The molecule has 3 rings (SSSR count). The summed E-state index contributed by atoms with van der Waals surface area (Å²) in [5.41, 5.74) is 1.73. The second kappa shape index (κ2) is 12.6. The van der Waals surface area contributed by atoms with Crippen LogP contribution in [0.5, 0.6) is 17.2 Å². The van der Waals surface area contributed by atoms with E-state index < -0.39 is 22.0 Å². The summed E-state index contributed by atoms with van der Waals surface area (Å²) in [6.45, 7) is 0.293. The van der Waals surface area contributed by atoms with E-state index in [0.29, 0.717) is 24.5 Å². The van der Waals surface area contributed by atoms with Crippen LogP contribution < -0.4 is 24.2 Å². The number of ether oxygens (including phenoxy) is 3. The Morgan fingerprint density at radius 1 is 0.861 bits per heavy atom. The van der Waals surface area contributed by atoms with Gasteiger partial charge in [-0.05, 0) is 54.3 Å². The normalized spacial score (nSPS) is 12.0. The lowest BCUT2D eigenvalue weighted by Gasteiger charge is -2.20. The molecule has 0 saturated heterocycles. The van der Waals surface area contributed by atoms with Crippen LogP contribution in [0.2, 0.25) is 5.02 Å². The van der Waals surface area contributed by atoms with Crippen LogP contribution in [-0.2, 0) is 27.7 Å². The van der Waals surface area contributed by atoms with E-state index in [1.807, 2.05) is 42.5 Å². The number of carbonyl (C=O) groups excluding carboxylic acids is 1. The zero-order valence-corrected chi connectivity index (χ0v) is 21.9. The first-order chi connectivity index (χ1) is 17.3. The molecule has 0 bridgehead atoms. The lowest BCUT2D eigenvalue weighted by molar-refractivity contribution is -0.122. The minimum Gasteiger partial charge on any atom is -0.495 e. The number of halogens is 1. The summed E-state index contributed by atoms with van der Waals surface area (Å²) in [6.07, 6.45) is 0.671. The number of amides is 1. The maximum Gasteiger partial charge on any atom is 0.245 e. The van der Waals surface area contributed by atoms with Crippen molar-refractivity contribution in [3.8, 4) is 17.2 Å². The summed E-state index contributed by atoms with van der Waals surface area (Å²) in [6, 6.07) is 17.9. The van der Waals surface area contributed by atoms with Crippen molar-refractivity contribution in [2.24, 2.45) is 0 Å². The second-order valence-electron chi connectivity index (χ2n) is 7.89. The van der Waals surface area contributed by atoms with Gasteiger partial charge in [-0.1, -0.05) is 48.0 Å². The highest BCUT2D eigenvalue weighted by Gasteiger charge is 2.28. The molecule has 1 amide bonds. The zero-order chi connectivity index (χ0) is 26.1. The molecule has 3 aromatic carbocycles. The van der Waals surface area contributed by atoms with E-state index in [1.54, 1.807) is 20.3 Å². The molecule has 1 atom stereocenters. The average Bonchev–Trinajstić information content (AvgIpc) is 2.88. The van der Waals surface area contributed by atoms with Gasteiger partial charge in [-0.3, -0.25) is 4.79 Å². The fourth-order valence-electron chi connectivity index (χ4n) is 3.64. The molecule has 0 aromatic heterocycles. The summed E-state index contributed by atoms with van der Waals surface area (Å²) in [5.74, 6) is 0.869. The quantitative estimate of drug-likeness (QED) is 0.369. The summed E-state index contributed by atoms with van der Waals surface area (Å²) in [4.78, 5) is 13.0. The van der Waals surface area contributed by atoms with E-state index in [0.717, 1.165) is 11.1 Å². The molecule has 0 unspecified atom stereocenters. The van der Waals surface area contributed by atoms with E-state index >= 15 is 0 Å². The Bertz CT molecular complexity index is 1280. The van der Waals surface area contributed by atoms with Gasteiger partial charge >= 0.3 is 0 Å². The summed E-state index contributed by atoms with van der Waals surface area (Å²) in [7, 11) is 0.346. The second-order valence-corrected chi connectivity index (χ2v) is 10.0. The van der Waals surface area contributed by atoms with Crippen molar-refractivity contribution in [1.82, 2.24) is 10.0 Å². The van der Waals surface area contributed by atoms with E-state index in [2.05, 4.69) is 10.0 Å². The van der Waals surface area contributed by atoms with Crippen LogP contribution in [-0.4, -0.2) is 48.2 Å². The Kier molecular flexibility index (Phi) is 9.58. The largest absolute Gasteiger partial charge is 0.495 e. The van der Waals surface area contributed by atoms with Crippen LogP contribution >= 0.6 is 11.6 Å². The third-order valence-electron chi connectivity index (χ3n) is 5.47. The molecule has 2 N–H and O–H groups in total. The molecule has 36 heavy (non-hydrogen) atoms. The van der Waals surface area contributed by atoms with Gasteiger partial charge in [0.25, 0.3) is 0 Å². The van der Waals surface area contributed by atoms with Crippen LogP contribution in [0.3, 0.4) is 0 Å². The number of methoxy groups -OCH3 is 3. The molecule has 10 heteroatoms. The lowest BCUT2D eigenvalue weighted by Crippen LogP contribution is -2.48. The molecule has 0 radical (unpaired) electrons. The molecular weight excluding hydrogens is 504 g/mol. The standard InChI is InChI=1S/C26H29ClN2O6S/c1-33-22-11-9-19(16-24(22)35-3)13-14-28-26(30)21(15-18-7-5-4-6-8-18)29-36(31,32)25-17-20(27)10-12-23(25)34-2/h4-12,16-17,21,29H,13-15H2,1-3H3,(H,28,30)/t21-/m0/s1. The molecule has 0 spiro atoms. The van der Waals surface area contributed by atoms with Crippen molar-refractivity contribution in [1.29, 1.82) is 0 Å². The van der Waals surface area contributed by atoms with E-state index in [4.69, 9.17) is 25.8 Å². The Hall–Kier alpha value is -3.27. The topological polar surface area (TPSA) is 103 Å². The fraction of sp³-hybridized carbons (Fsp3) is 0.269.